The van der Waals surface area contributed by atoms with Gasteiger partial charge in [0.2, 0.25) is 0 Å². The van der Waals surface area contributed by atoms with Crippen molar-refractivity contribution in [3.63, 3.8) is 0 Å². The van der Waals surface area contributed by atoms with Crippen LogP contribution in [0.25, 0.3) is 0 Å². The van der Waals surface area contributed by atoms with Crippen molar-refractivity contribution in [2.24, 2.45) is 0 Å². The highest BCUT2D eigenvalue weighted by Crippen LogP contribution is 2.19. The molecule has 1 aliphatic heterocycles. The number of β-amino-alcohol motifs (C(OH)–C–C–N with tert-alkyl or cyclic N) is 1. The molecule has 0 radical (unpaired) electrons. The van der Waals surface area contributed by atoms with Gasteiger partial charge >= 0.3 is 0 Å². The number of likely N-dealkylation sites (N-methyl/N-ethyl adjacent to an activating group) is 1. The smallest absolute Gasteiger partial charge is 0.0992 e. The van der Waals surface area contributed by atoms with E-state index in [9.17, 15) is 15.3 Å². The van der Waals surface area contributed by atoms with Gasteiger partial charge in [-0.3, -0.25) is 4.90 Å². The molecule has 5 nitrogen and oxygen atoms in total. The fourth-order valence-electron chi connectivity index (χ4n) is 1.64. The first kappa shape index (κ1) is 9.88. The Morgan fingerprint density at radius 1 is 1.50 bits per heavy atom. The molecule has 0 saturated carbocycles. The molecule has 0 aromatic carbocycles. The van der Waals surface area contributed by atoms with E-state index in [1.165, 1.54) is 0 Å². The lowest BCUT2D eigenvalue weighted by atomic mass is 10.1. The second-order valence-corrected chi connectivity index (χ2v) is 3.24. The molecule has 1 heterocycles. The van der Waals surface area contributed by atoms with Crippen LogP contribution < -0.4 is 0 Å². The summed E-state index contributed by atoms with van der Waals surface area (Å²) >= 11 is 0. The van der Waals surface area contributed by atoms with Crippen LogP contribution in [-0.2, 0) is 0 Å². The molecule has 1 rings (SSSR count). The maximum absolute atomic E-state index is 9.37. The molecule has 1 saturated heterocycles. The molecule has 0 bridgehead atoms. The topological polar surface area (TPSA) is 84.2 Å². The average Bonchev–Trinajstić information content (AvgIpc) is 2.26. The van der Waals surface area contributed by atoms with Crippen LogP contribution >= 0.6 is 0 Å². The van der Waals surface area contributed by atoms with Crippen LogP contribution in [0.1, 0.15) is 0 Å². The molecule has 0 aromatic rings. The number of hydrogen-bond donors (Lipinski definition) is 4. The van der Waals surface area contributed by atoms with Crippen molar-refractivity contribution in [1.82, 2.24) is 4.90 Å². The van der Waals surface area contributed by atoms with Crippen LogP contribution in [0.3, 0.4) is 0 Å². The summed E-state index contributed by atoms with van der Waals surface area (Å²) in [6, 6.07) is -0.565. The van der Waals surface area contributed by atoms with E-state index in [1.807, 2.05) is 0 Å². The quantitative estimate of drug-likeness (QED) is 0.371. The van der Waals surface area contributed by atoms with Gasteiger partial charge in [-0.2, -0.15) is 0 Å². The standard InChI is InChI=1S/C7H15NO4/c1-8-2-4(10)7(12)6(8)5(11)3-9/h4-7,9-12H,2-3H2,1H3. The number of aliphatic hydroxyl groups is 4. The van der Waals surface area contributed by atoms with E-state index in [2.05, 4.69) is 0 Å². The third-order valence-electron chi connectivity index (χ3n) is 2.31. The van der Waals surface area contributed by atoms with Gasteiger partial charge < -0.3 is 20.4 Å². The van der Waals surface area contributed by atoms with Crippen molar-refractivity contribution in [2.45, 2.75) is 24.4 Å². The summed E-state index contributed by atoms with van der Waals surface area (Å²) < 4.78 is 0. The van der Waals surface area contributed by atoms with Gasteiger partial charge in [0.1, 0.15) is 0 Å². The van der Waals surface area contributed by atoms with E-state index >= 15 is 0 Å². The van der Waals surface area contributed by atoms with Crippen LogP contribution in [0.15, 0.2) is 0 Å². The van der Waals surface area contributed by atoms with Crippen LogP contribution in [0.5, 0.6) is 0 Å². The summed E-state index contributed by atoms with van der Waals surface area (Å²) in [6.45, 7) is -0.0817. The summed E-state index contributed by atoms with van der Waals surface area (Å²) in [7, 11) is 1.68. The zero-order valence-electron chi connectivity index (χ0n) is 6.96. The molecule has 1 fully saturated rings. The Bertz CT molecular complexity index is 150. The zero-order valence-corrected chi connectivity index (χ0v) is 6.96. The van der Waals surface area contributed by atoms with Gasteiger partial charge in [0, 0.05) is 6.54 Å². The number of likely N-dealkylation sites (tertiary alicyclic amines) is 1. The molecular formula is C7H15NO4. The predicted molar refractivity (Wildman–Crippen MR) is 41.5 cm³/mol. The van der Waals surface area contributed by atoms with Crippen LogP contribution in [0.4, 0.5) is 0 Å². The van der Waals surface area contributed by atoms with Crippen LogP contribution in [0, 0.1) is 0 Å². The molecule has 4 atom stereocenters. The van der Waals surface area contributed by atoms with Crippen molar-refractivity contribution in [1.29, 1.82) is 0 Å². The van der Waals surface area contributed by atoms with Crippen molar-refractivity contribution in [2.75, 3.05) is 20.2 Å². The summed E-state index contributed by atoms with van der Waals surface area (Å²) in [5, 5.41) is 36.5. The first-order valence-electron chi connectivity index (χ1n) is 3.93. The summed E-state index contributed by atoms with van der Waals surface area (Å²) in [4.78, 5) is 1.64. The highest BCUT2D eigenvalue weighted by atomic mass is 16.3. The third kappa shape index (κ3) is 1.60. The maximum atomic E-state index is 9.37. The Labute approximate surface area is 70.9 Å². The van der Waals surface area contributed by atoms with Gasteiger partial charge in [-0.15, -0.1) is 0 Å². The number of hydrogen-bond acceptors (Lipinski definition) is 5. The lowest BCUT2D eigenvalue weighted by molar-refractivity contribution is -0.0261. The number of nitrogens with zero attached hydrogens (tertiary/aromatic N) is 1. The molecule has 4 N–H and O–H groups in total. The number of rotatable bonds is 2. The Kier molecular flexibility index (Phi) is 3.03. The molecule has 0 amide bonds. The minimum absolute atomic E-state index is 0.322. The molecule has 72 valence electrons. The Morgan fingerprint density at radius 3 is 2.42 bits per heavy atom. The lowest BCUT2D eigenvalue weighted by Gasteiger charge is -2.25. The van der Waals surface area contributed by atoms with Gasteiger partial charge in [0.05, 0.1) is 31.0 Å². The molecular weight excluding hydrogens is 162 g/mol. The van der Waals surface area contributed by atoms with Crippen molar-refractivity contribution >= 4 is 0 Å². The monoisotopic (exact) mass is 177 g/mol. The van der Waals surface area contributed by atoms with Gasteiger partial charge in [0.15, 0.2) is 0 Å². The fourth-order valence-corrected chi connectivity index (χ4v) is 1.64. The summed E-state index contributed by atoms with van der Waals surface area (Å²) in [5.41, 5.74) is 0. The minimum Gasteiger partial charge on any atom is -0.394 e. The van der Waals surface area contributed by atoms with Gasteiger partial charge in [0.25, 0.3) is 0 Å². The Hall–Kier alpha value is -0.200. The molecule has 12 heavy (non-hydrogen) atoms. The summed E-state index contributed by atoms with van der Waals surface area (Å²) in [5.74, 6) is 0. The SMILES string of the molecule is CN1CC(O)C(O)C1C(O)CO. The first-order chi connectivity index (χ1) is 5.57. The highest BCUT2D eigenvalue weighted by molar-refractivity contribution is 4.95. The molecule has 4 unspecified atom stereocenters. The average molecular weight is 177 g/mol. The Morgan fingerprint density at radius 2 is 2.08 bits per heavy atom. The minimum atomic E-state index is -0.998. The van der Waals surface area contributed by atoms with Gasteiger partial charge in [-0.1, -0.05) is 0 Å². The van der Waals surface area contributed by atoms with Crippen molar-refractivity contribution < 1.29 is 20.4 Å². The summed E-state index contributed by atoms with van der Waals surface area (Å²) in [6.07, 6.45) is -2.81. The van der Waals surface area contributed by atoms with Crippen LogP contribution in [0.2, 0.25) is 0 Å². The van der Waals surface area contributed by atoms with Crippen molar-refractivity contribution in [3.05, 3.63) is 0 Å². The van der Waals surface area contributed by atoms with E-state index in [1.54, 1.807) is 11.9 Å². The third-order valence-corrected chi connectivity index (χ3v) is 2.31. The zero-order chi connectivity index (χ0) is 9.30. The van der Waals surface area contributed by atoms with E-state index in [0.29, 0.717) is 6.54 Å². The van der Waals surface area contributed by atoms with Crippen molar-refractivity contribution in [3.8, 4) is 0 Å². The van der Waals surface area contributed by atoms with Crippen LogP contribution in [-0.4, -0.2) is 69.9 Å². The largest absolute Gasteiger partial charge is 0.394 e. The van der Waals surface area contributed by atoms with E-state index in [4.69, 9.17) is 5.11 Å². The van der Waals surface area contributed by atoms with E-state index in [0.717, 1.165) is 0 Å². The second kappa shape index (κ2) is 3.68. The number of aliphatic hydroxyl groups excluding tert-OH is 4. The van der Waals surface area contributed by atoms with Gasteiger partial charge in [-0.05, 0) is 7.05 Å². The normalized spacial score (nSPS) is 40.2. The molecule has 5 heteroatoms. The van der Waals surface area contributed by atoms with E-state index < -0.39 is 31.0 Å². The maximum Gasteiger partial charge on any atom is 0.0992 e. The molecule has 0 aliphatic carbocycles. The van der Waals surface area contributed by atoms with E-state index in [-0.39, 0.29) is 0 Å². The first-order valence-corrected chi connectivity index (χ1v) is 3.93. The molecule has 1 aliphatic rings. The molecule has 0 aromatic heterocycles. The van der Waals surface area contributed by atoms with Gasteiger partial charge in [-0.25, -0.2) is 0 Å². The predicted octanol–water partition coefficient (Wildman–Crippen LogP) is -2.62. The highest BCUT2D eigenvalue weighted by Gasteiger charge is 2.41. The molecule has 0 spiro atoms. The fraction of sp³-hybridized carbons (Fsp3) is 1.00. The second-order valence-electron chi connectivity index (χ2n) is 3.24. The Balaban J connectivity index is 2.62. The lowest BCUT2D eigenvalue weighted by Crippen LogP contribution is -2.45.